The van der Waals surface area contributed by atoms with Gasteiger partial charge in [0.15, 0.2) is 0 Å². The molecule has 20 heavy (non-hydrogen) atoms. The molecule has 5 heteroatoms. The molecule has 1 aromatic carbocycles. The Kier molecular flexibility index (Phi) is 4.47. The minimum Gasteiger partial charge on any atom is -0.437 e. The van der Waals surface area contributed by atoms with Gasteiger partial charge in [-0.05, 0) is 6.42 Å². The van der Waals surface area contributed by atoms with Gasteiger partial charge in [-0.3, -0.25) is 0 Å². The first-order valence-electron chi connectivity index (χ1n) is 6.64. The summed E-state index contributed by atoms with van der Waals surface area (Å²) >= 11 is 0. The molecule has 0 N–H and O–H groups in total. The highest BCUT2D eigenvalue weighted by Gasteiger charge is 2.38. The summed E-state index contributed by atoms with van der Waals surface area (Å²) < 4.78 is 43.1. The predicted molar refractivity (Wildman–Crippen MR) is 70.2 cm³/mol. The lowest BCUT2D eigenvalue weighted by molar-refractivity contribution is -0.157. The molecule has 0 aliphatic rings. The van der Waals surface area contributed by atoms with Gasteiger partial charge in [-0.2, -0.15) is 13.2 Å². The van der Waals surface area contributed by atoms with Crippen molar-refractivity contribution in [1.82, 2.24) is 4.98 Å². The maximum absolute atomic E-state index is 12.7. The molecule has 1 aromatic heterocycles. The van der Waals surface area contributed by atoms with Gasteiger partial charge in [-0.1, -0.05) is 50.1 Å². The summed E-state index contributed by atoms with van der Waals surface area (Å²) in [4.78, 5) is 3.64. The summed E-state index contributed by atoms with van der Waals surface area (Å²) in [5.74, 6) is -0.847. The number of aromatic nitrogens is 1. The predicted octanol–water partition coefficient (Wildman–Crippen LogP) is 5.09. The smallest absolute Gasteiger partial charge is 0.437 e. The molecule has 2 nitrogen and oxygen atoms in total. The SMILES string of the molecule is CCCCCc1oc(C(F)(F)F)nc1-c1ccccc1. The Morgan fingerprint density at radius 3 is 2.40 bits per heavy atom. The summed E-state index contributed by atoms with van der Waals surface area (Å²) in [6, 6.07) is 8.83. The van der Waals surface area contributed by atoms with Gasteiger partial charge in [0.05, 0.1) is 0 Å². The third-order valence-electron chi connectivity index (χ3n) is 2.99. The number of alkyl halides is 3. The summed E-state index contributed by atoms with van der Waals surface area (Å²) in [6.07, 6.45) is -1.33. The fourth-order valence-electron chi connectivity index (χ4n) is 2.00. The molecule has 0 aliphatic carbocycles. The highest BCUT2D eigenvalue weighted by Crippen LogP contribution is 2.34. The maximum Gasteiger partial charge on any atom is 0.468 e. The normalized spacial score (nSPS) is 11.8. The zero-order chi connectivity index (χ0) is 14.6. The molecular formula is C15H16F3NO. The number of nitrogens with zero attached hydrogens (tertiary/aromatic N) is 1. The van der Waals surface area contributed by atoms with Crippen molar-refractivity contribution >= 4 is 0 Å². The standard InChI is InChI=1S/C15H16F3NO/c1-2-3-5-10-12-13(11-8-6-4-7-9-11)19-14(20-12)15(16,17)18/h4,6-9H,2-3,5,10H2,1H3. The van der Waals surface area contributed by atoms with Crippen LogP contribution in [-0.2, 0) is 12.6 Å². The van der Waals surface area contributed by atoms with Crippen LogP contribution in [-0.4, -0.2) is 4.98 Å². The van der Waals surface area contributed by atoms with E-state index in [2.05, 4.69) is 4.98 Å². The van der Waals surface area contributed by atoms with Crippen LogP contribution in [0.4, 0.5) is 13.2 Å². The molecule has 108 valence electrons. The van der Waals surface area contributed by atoms with Crippen molar-refractivity contribution in [3.05, 3.63) is 42.0 Å². The molecule has 0 unspecified atom stereocenters. The van der Waals surface area contributed by atoms with Crippen LogP contribution in [0.15, 0.2) is 34.7 Å². The second kappa shape index (κ2) is 6.11. The summed E-state index contributed by atoms with van der Waals surface area (Å²) in [6.45, 7) is 2.04. The van der Waals surface area contributed by atoms with Gasteiger partial charge in [0.2, 0.25) is 0 Å². The number of benzene rings is 1. The second-order valence-corrected chi connectivity index (χ2v) is 4.61. The highest BCUT2D eigenvalue weighted by atomic mass is 19.4. The molecule has 0 bridgehead atoms. The summed E-state index contributed by atoms with van der Waals surface area (Å²) in [7, 11) is 0. The summed E-state index contributed by atoms with van der Waals surface area (Å²) in [5, 5.41) is 0. The molecule has 0 spiro atoms. The number of aryl methyl sites for hydroxylation is 1. The Morgan fingerprint density at radius 1 is 1.10 bits per heavy atom. The molecule has 0 saturated heterocycles. The lowest BCUT2D eigenvalue weighted by atomic mass is 10.1. The van der Waals surface area contributed by atoms with E-state index < -0.39 is 12.1 Å². The lowest BCUT2D eigenvalue weighted by Gasteiger charge is -2.00. The highest BCUT2D eigenvalue weighted by molar-refractivity contribution is 5.61. The van der Waals surface area contributed by atoms with E-state index in [0.29, 0.717) is 23.4 Å². The molecule has 0 aliphatic heterocycles. The number of rotatable bonds is 5. The van der Waals surface area contributed by atoms with E-state index in [1.165, 1.54) is 0 Å². The quantitative estimate of drug-likeness (QED) is 0.714. The van der Waals surface area contributed by atoms with Gasteiger partial charge in [0.1, 0.15) is 11.5 Å². The molecule has 1 heterocycles. The van der Waals surface area contributed by atoms with E-state index in [4.69, 9.17) is 4.42 Å². The number of hydrogen-bond donors (Lipinski definition) is 0. The molecular weight excluding hydrogens is 267 g/mol. The van der Waals surface area contributed by atoms with Crippen molar-refractivity contribution in [2.45, 2.75) is 38.8 Å². The minimum absolute atomic E-state index is 0.300. The maximum atomic E-state index is 12.7. The first-order valence-corrected chi connectivity index (χ1v) is 6.64. The van der Waals surface area contributed by atoms with E-state index in [1.54, 1.807) is 24.3 Å². The van der Waals surface area contributed by atoms with E-state index in [-0.39, 0.29) is 0 Å². The number of unbranched alkanes of at least 4 members (excludes halogenated alkanes) is 2. The van der Waals surface area contributed by atoms with Crippen LogP contribution < -0.4 is 0 Å². The van der Waals surface area contributed by atoms with E-state index >= 15 is 0 Å². The third-order valence-corrected chi connectivity index (χ3v) is 2.99. The average molecular weight is 283 g/mol. The Balaban J connectivity index is 2.35. The van der Waals surface area contributed by atoms with Crippen molar-refractivity contribution in [2.24, 2.45) is 0 Å². The largest absolute Gasteiger partial charge is 0.468 e. The zero-order valence-electron chi connectivity index (χ0n) is 11.2. The number of oxazole rings is 1. The van der Waals surface area contributed by atoms with E-state index in [1.807, 2.05) is 13.0 Å². The Hall–Kier alpha value is -1.78. The minimum atomic E-state index is -4.55. The van der Waals surface area contributed by atoms with Crippen LogP contribution in [0.25, 0.3) is 11.3 Å². The van der Waals surface area contributed by atoms with Crippen LogP contribution >= 0.6 is 0 Å². The van der Waals surface area contributed by atoms with Crippen molar-refractivity contribution in [1.29, 1.82) is 0 Å². The Morgan fingerprint density at radius 2 is 1.80 bits per heavy atom. The molecule has 0 atom stereocenters. The third kappa shape index (κ3) is 3.40. The fourth-order valence-corrected chi connectivity index (χ4v) is 2.00. The van der Waals surface area contributed by atoms with Gasteiger partial charge in [-0.25, -0.2) is 4.98 Å². The molecule has 0 fully saturated rings. The molecule has 2 aromatic rings. The van der Waals surface area contributed by atoms with E-state index in [0.717, 1.165) is 19.3 Å². The van der Waals surface area contributed by atoms with Crippen molar-refractivity contribution in [2.75, 3.05) is 0 Å². The van der Waals surface area contributed by atoms with Crippen molar-refractivity contribution in [3.8, 4) is 11.3 Å². The first kappa shape index (κ1) is 14.6. The second-order valence-electron chi connectivity index (χ2n) is 4.61. The van der Waals surface area contributed by atoms with Gasteiger partial charge in [0.25, 0.3) is 0 Å². The van der Waals surface area contributed by atoms with Crippen molar-refractivity contribution in [3.63, 3.8) is 0 Å². The molecule has 0 saturated carbocycles. The van der Waals surface area contributed by atoms with Crippen LogP contribution in [0.1, 0.15) is 37.8 Å². The zero-order valence-corrected chi connectivity index (χ0v) is 11.2. The van der Waals surface area contributed by atoms with Crippen LogP contribution in [0.3, 0.4) is 0 Å². The first-order chi connectivity index (χ1) is 9.52. The lowest BCUT2D eigenvalue weighted by Crippen LogP contribution is -2.04. The van der Waals surface area contributed by atoms with Gasteiger partial charge in [-0.15, -0.1) is 0 Å². The Labute approximate surface area is 115 Å². The van der Waals surface area contributed by atoms with Crippen molar-refractivity contribution < 1.29 is 17.6 Å². The van der Waals surface area contributed by atoms with Crippen LogP contribution in [0, 0.1) is 0 Å². The molecule has 0 amide bonds. The number of halogens is 3. The van der Waals surface area contributed by atoms with Gasteiger partial charge in [0, 0.05) is 12.0 Å². The Bertz CT molecular complexity index is 546. The fraction of sp³-hybridized carbons (Fsp3) is 0.400. The monoisotopic (exact) mass is 283 g/mol. The molecule has 0 radical (unpaired) electrons. The summed E-state index contributed by atoms with van der Waals surface area (Å²) in [5.41, 5.74) is 0.951. The van der Waals surface area contributed by atoms with Crippen LogP contribution in [0.5, 0.6) is 0 Å². The topological polar surface area (TPSA) is 26.0 Å². The van der Waals surface area contributed by atoms with Crippen LogP contribution in [0.2, 0.25) is 0 Å². The van der Waals surface area contributed by atoms with E-state index in [9.17, 15) is 13.2 Å². The average Bonchev–Trinajstić information content (AvgIpc) is 2.84. The van der Waals surface area contributed by atoms with Gasteiger partial charge >= 0.3 is 12.1 Å². The number of hydrogen-bond acceptors (Lipinski definition) is 2. The molecule has 2 rings (SSSR count). The van der Waals surface area contributed by atoms with Gasteiger partial charge < -0.3 is 4.42 Å².